The first-order valence-electron chi connectivity index (χ1n) is 5.80. The van der Waals surface area contributed by atoms with E-state index < -0.39 is 0 Å². The molecular formula is C16H12O2. The van der Waals surface area contributed by atoms with Gasteiger partial charge in [0.15, 0.2) is 0 Å². The lowest BCUT2D eigenvalue weighted by Crippen LogP contribution is -2.02. The summed E-state index contributed by atoms with van der Waals surface area (Å²) >= 11 is 0. The van der Waals surface area contributed by atoms with Crippen molar-refractivity contribution in [3.05, 3.63) is 60.2 Å². The number of hydrogen-bond acceptors (Lipinski definition) is 2. The Morgan fingerprint density at radius 1 is 0.889 bits per heavy atom. The zero-order chi connectivity index (χ0) is 12.5. The van der Waals surface area contributed by atoms with Gasteiger partial charge in [-0.3, -0.25) is 0 Å². The lowest BCUT2D eigenvalue weighted by atomic mass is 9.97. The van der Waals surface area contributed by atoms with Crippen molar-refractivity contribution in [2.45, 2.75) is 0 Å². The molecule has 2 heteroatoms. The van der Waals surface area contributed by atoms with E-state index in [-0.39, 0.29) is 5.97 Å². The highest BCUT2D eigenvalue weighted by molar-refractivity contribution is 6.15. The zero-order valence-corrected chi connectivity index (χ0v) is 10.0. The molecule has 0 aliphatic heterocycles. The number of ether oxygens (including phenoxy) is 1. The molecule has 0 fully saturated rings. The van der Waals surface area contributed by atoms with Crippen molar-refractivity contribution in [2.24, 2.45) is 0 Å². The molecule has 0 saturated heterocycles. The highest BCUT2D eigenvalue weighted by Gasteiger charge is 2.12. The summed E-state index contributed by atoms with van der Waals surface area (Å²) in [6, 6.07) is 17.8. The van der Waals surface area contributed by atoms with Crippen molar-refractivity contribution in [1.82, 2.24) is 0 Å². The van der Waals surface area contributed by atoms with Crippen LogP contribution in [0.4, 0.5) is 0 Å². The number of benzene rings is 3. The molecule has 0 unspecified atom stereocenters. The van der Waals surface area contributed by atoms with Crippen LogP contribution in [0, 0.1) is 0 Å². The van der Waals surface area contributed by atoms with Gasteiger partial charge in [0.05, 0.1) is 12.7 Å². The lowest BCUT2D eigenvalue weighted by molar-refractivity contribution is 0.0603. The molecule has 0 atom stereocenters. The van der Waals surface area contributed by atoms with Gasteiger partial charge in [-0.05, 0) is 27.6 Å². The summed E-state index contributed by atoms with van der Waals surface area (Å²) in [5.41, 5.74) is 0.617. The second-order valence-corrected chi connectivity index (χ2v) is 4.18. The minimum Gasteiger partial charge on any atom is -0.465 e. The van der Waals surface area contributed by atoms with Gasteiger partial charge >= 0.3 is 5.97 Å². The molecular weight excluding hydrogens is 224 g/mol. The minimum absolute atomic E-state index is 0.294. The van der Waals surface area contributed by atoms with Crippen molar-refractivity contribution < 1.29 is 9.53 Å². The van der Waals surface area contributed by atoms with Gasteiger partial charge in [0.1, 0.15) is 0 Å². The molecule has 0 aliphatic carbocycles. The van der Waals surface area contributed by atoms with E-state index in [0.717, 1.165) is 21.5 Å². The summed E-state index contributed by atoms with van der Waals surface area (Å²) in [7, 11) is 1.41. The average molecular weight is 236 g/mol. The Kier molecular flexibility index (Phi) is 2.49. The Balaban J connectivity index is 2.50. The van der Waals surface area contributed by atoms with Crippen LogP contribution >= 0.6 is 0 Å². The number of rotatable bonds is 1. The van der Waals surface area contributed by atoms with Gasteiger partial charge in [-0.2, -0.15) is 0 Å². The summed E-state index contributed by atoms with van der Waals surface area (Å²) in [4.78, 5) is 11.8. The molecule has 3 aromatic rings. The number of esters is 1. The highest BCUT2D eigenvalue weighted by Crippen LogP contribution is 2.28. The third-order valence-electron chi connectivity index (χ3n) is 3.17. The quantitative estimate of drug-likeness (QED) is 0.474. The SMILES string of the molecule is COC(=O)c1cc2ccccc2c2ccccc12. The molecule has 88 valence electrons. The van der Waals surface area contributed by atoms with Crippen LogP contribution in [0.25, 0.3) is 21.5 Å². The smallest absolute Gasteiger partial charge is 0.338 e. The molecule has 3 rings (SSSR count). The first-order chi connectivity index (χ1) is 8.81. The van der Waals surface area contributed by atoms with Gasteiger partial charge in [-0.1, -0.05) is 48.5 Å². The van der Waals surface area contributed by atoms with E-state index in [1.807, 2.05) is 48.5 Å². The number of methoxy groups -OCH3 is 1. The fraction of sp³-hybridized carbons (Fsp3) is 0.0625. The molecule has 0 N–H and O–H groups in total. The third-order valence-corrected chi connectivity index (χ3v) is 3.17. The Labute approximate surface area is 105 Å². The Morgan fingerprint density at radius 2 is 1.50 bits per heavy atom. The predicted molar refractivity (Wildman–Crippen MR) is 72.8 cm³/mol. The molecule has 0 spiro atoms. The first-order valence-corrected chi connectivity index (χ1v) is 5.80. The van der Waals surface area contributed by atoms with Crippen molar-refractivity contribution >= 4 is 27.5 Å². The van der Waals surface area contributed by atoms with E-state index in [9.17, 15) is 4.79 Å². The molecule has 2 nitrogen and oxygen atoms in total. The molecule has 0 bridgehead atoms. The number of hydrogen-bond donors (Lipinski definition) is 0. The Morgan fingerprint density at radius 3 is 2.22 bits per heavy atom. The molecule has 3 aromatic carbocycles. The van der Waals surface area contributed by atoms with Crippen LogP contribution in [0.5, 0.6) is 0 Å². The van der Waals surface area contributed by atoms with Crippen LogP contribution < -0.4 is 0 Å². The molecule has 0 aromatic heterocycles. The normalized spacial score (nSPS) is 10.7. The van der Waals surface area contributed by atoms with E-state index in [0.29, 0.717) is 5.56 Å². The minimum atomic E-state index is -0.294. The second-order valence-electron chi connectivity index (χ2n) is 4.18. The maximum Gasteiger partial charge on any atom is 0.338 e. The van der Waals surface area contributed by atoms with Gasteiger partial charge in [0, 0.05) is 0 Å². The van der Waals surface area contributed by atoms with Crippen molar-refractivity contribution in [3.63, 3.8) is 0 Å². The molecule has 18 heavy (non-hydrogen) atoms. The van der Waals surface area contributed by atoms with E-state index in [1.54, 1.807) is 0 Å². The summed E-state index contributed by atoms with van der Waals surface area (Å²) in [5, 5.41) is 4.22. The molecule has 0 heterocycles. The Bertz CT molecular complexity index is 744. The second kappa shape index (κ2) is 4.15. The fourth-order valence-electron chi connectivity index (χ4n) is 2.33. The van der Waals surface area contributed by atoms with Gasteiger partial charge in [0.2, 0.25) is 0 Å². The van der Waals surface area contributed by atoms with Crippen LogP contribution in [0.2, 0.25) is 0 Å². The van der Waals surface area contributed by atoms with Crippen LogP contribution in [0.3, 0.4) is 0 Å². The predicted octanol–water partition coefficient (Wildman–Crippen LogP) is 3.78. The van der Waals surface area contributed by atoms with Crippen molar-refractivity contribution in [2.75, 3.05) is 7.11 Å². The molecule has 0 radical (unpaired) electrons. The maximum absolute atomic E-state index is 11.8. The number of fused-ring (bicyclic) bond motifs is 3. The van der Waals surface area contributed by atoms with Crippen LogP contribution in [0.1, 0.15) is 10.4 Å². The number of carbonyl (C=O) groups excluding carboxylic acids is 1. The monoisotopic (exact) mass is 236 g/mol. The van der Waals surface area contributed by atoms with Gasteiger partial charge in [-0.25, -0.2) is 4.79 Å². The molecule has 0 aliphatic rings. The third kappa shape index (κ3) is 1.54. The van der Waals surface area contributed by atoms with Crippen molar-refractivity contribution in [1.29, 1.82) is 0 Å². The summed E-state index contributed by atoms with van der Waals surface area (Å²) in [5.74, 6) is -0.294. The van der Waals surface area contributed by atoms with E-state index in [1.165, 1.54) is 7.11 Å². The fourth-order valence-corrected chi connectivity index (χ4v) is 2.33. The van der Waals surface area contributed by atoms with Gasteiger partial charge in [0.25, 0.3) is 0 Å². The first kappa shape index (κ1) is 10.8. The van der Waals surface area contributed by atoms with E-state index >= 15 is 0 Å². The lowest BCUT2D eigenvalue weighted by Gasteiger charge is -2.08. The molecule has 0 saturated carbocycles. The molecule has 0 amide bonds. The van der Waals surface area contributed by atoms with Crippen LogP contribution in [-0.4, -0.2) is 13.1 Å². The zero-order valence-electron chi connectivity index (χ0n) is 10.0. The van der Waals surface area contributed by atoms with Crippen molar-refractivity contribution in [3.8, 4) is 0 Å². The maximum atomic E-state index is 11.8. The topological polar surface area (TPSA) is 26.3 Å². The van der Waals surface area contributed by atoms with Gasteiger partial charge < -0.3 is 4.74 Å². The summed E-state index contributed by atoms with van der Waals surface area (Å²) < 4.78 is 4.85. The summed E-state index contributed by atoms with van der Waals surface area (Å²) in [6.45, 7) is 0. The van der Waals surface area contributed by atoms with E-state index in [4.69, 9.17) is 4.74 Å². The highest BCUT2D eigenvalue weighted by atomic mass is 16.5. The van der Waals surface area contributed by atoms with Crippen LogP contribution in [-0.2, 0) is 4.74 Å². The largest absolute Gasteiger partial charge is 0.465 e. The summed E-state index contributed by atoms with van der Waals surface area (Å²) in [6.07, 6.45) is 0. The number of carbonyl (C=O) groups is 1. The Hall–Kier alpha value is -2.35. The van der Waals surface area contributed by atoms with Gasteiger partial charge in [-0.15, -0.1) is 0 Å². The van der Waals surface area contributed by atoms with Crippen LogP contribution in [0.15, 0.2) is 54.6 Å². The standard InChI is InChI=1S/C16H12O2/c1-18-16(17)15-10-11-6-2-3-7-12(11)13-8-4-5-9-14(13)15/h2-10H,1H3. The van der Waals surface area contributed by atoms with E-state index in [2.05, 4.69) is 6.07 Å². The average Bonchev–Trinajstić information content (AvgIpc) is 2.45.